The molecule has 2 aliphatic heterocycles. The number of aromatic nitrogens is 2. The van der Waals surface area contributed by atoms with E-state index in [1.807, 2.05) is 6.08 Å². The summed E-state index contributed by atoms with van der Waals surface area (Å²) in [6.07, 6.45) is 8.74. The highest BCUT2D eigenvalue weighted by molar-refractivity contribution is 5.99. The van der Waals surface area contributed by atoms with Gasteiger partial charge < -0.3 is 102 Å². The Hall–Kier alpha value is -9.51. The number of alkyl carbamates (subject to hydrolysis) is 1. The third kappa shape index (κ3) is 23.2. The van der Waals surface area contributed by atoms with Crippen LogP contribution in [-0.2, 0) is 108 Å². The molecule has 572 valence electrons. The molecule has 33 heteroatoms. The lowest BCUT2D eigenvalue weighted by molar-refractivity contribution is -0.172. The summed E-state index contributed by atoms with van der Waals surface area (Å²) in [7, 11) is 0. The first-order valence-corrected chi connectivity index (χ1v) is 35.5. The standard InChI is InChI=1S/C72H97FN12O20/c1-5-72(97)50-34-56-64-48(36-85(56)68(93)49(50)38-104-69(72)94)62-52(20-19-47-43(4)51(73)35-55(81-64)61(47)62)80-60(89)39-102-41-78-65(90)54(21-22-57(74)86)83-71(96)105-37-44-15-17-45(18-16-44)79-66(91)53(14-11-24-77-70(75)95)82-67(92)63(42(2)3)84-58(87)23-26-98-28-30-100-32-33-101-31-29-99-27-25-76-59(88)40-103-46-12-9-7-6-8-10-13-46/h9,12,15-18,34-35,42,46,52-54,63,97H,5-8,10-11,13-14,19-33,36-41H2,1-4H3,(H2,74,86)(H,76,88)(H,78,90)(H,79,91)(H,80,89)(H,82,92)(H,83,96)(H,84,87)(H3,75,77,95)/b12-9-/t46?,52-,53-,54-,63-,72-/m0/s1. The fraction of sp³-hybridized carbons (Fsp3) is 0.556. The molecule has 0 radical (unpaired) electrons. The number of pyridine rings is 2. The van der Waals surface area contributed by atoms with Crippen LogP contribution >= 0.6 is 0 Å². The summed E-state index contributed by atoms with van der Waals surface area (Å²) in [6, 6.07) is 3.93. The molecule has 8 rings (SSSR count). The molecule has 4 aromatic rings. The number of aliphatic hydroxyl groups is 1. The molecular weight excluding hydrogens is 1370 g/mol. The third-order valence-electron chi connectivity index (χ3n) is 18.3. The lowest BCUT2D eigenvalue weighted by atomic mass is 9.81. The number of hydrogen-bond donors (Lipinski definition) is 11. The summed E-state index contributed by atoms with van der Waals surface area (Å²) in [5.74, 6) is -5.88. The van der Waals surface area contributed by atoms with Crippen molar-refractivity contribution in [1.82, 2.24) is 46.8 Å². The molecule has 0 fully saturated rings. The second-order valence-corrected chi connectivity index (χ2v) is 26.2. The van der Waals surface area contributed by atoms with Crippen LogP contribution < -0.4 is 59.6 Å². The maximum absolute atomic E-state index is 15.5. The highest BCUT2D eigenvalue weighted by Gasteiger charge is 2.46. The first-order chi connectivity index (χ1) is 50.4. The van der Waals surface area contributed by atoms with Gasteiger partial charge in [-0.05, 0) is 111 Å². The van der Waals surface area contributed by atoms with Crippen molar-refractivity contribution < 1.29 is 95.3 Å². The Balaban J connectivity index is 0.737. The Morgan fingerprint density at radius 3 is 2.17 bits per heavy atom. The monoisotopic (exact) mass is 1470 g/mol. The van der Waals surface area contributed by atoms with E-state index in [9.17, 15) is 57.8 Å². The zero-order valence-corrected chi connectivity index (χ0v) is 59.7. The van der Waals surface area contributed by atoms with Crippen molar-refractivity contribution in [3.05, 3.63) is 104 Å². The number of primary amides is 2. The summed E-state index contributed by atoms with van der Waals surface area (Å²) in [6.45, 7) is 7.54. The van der Waals surface area contributed by atoms with Crippen LogP contribution in [0.4, 0.5) is 19.7 Å². The van der Waals surface area contributed by atoms with Gasteiger partial charge in [-0.25, -0.2) is 23.8 Å². The number of aryl methyl sites for hydroxylation is 1. The number of carbonyl (C=O) groups is 10. The van der Waals surface area contributed by atoms with E-state index < -0.39 is 114 Å². The van der Waals surface area contributed by atoms with Gasteiger partial charge in [0.25, 0.3) is 5.56 Å². The first kappa shape index (κ1) is 81.2. The number of esters is 1. The largest absolute Gasteiger partial charge is 0.458 e. The van der Waals surface area contributed by atoms with E-state index in [4.69, 9.17) is 54.3 Å². The Morgan fingerprint density at radius 1 is 0.752 bits per heavy atom. The fourth-order valence-corrected chi connectivity index (χ4v) is 12.6. The quantitative estimate of drug-likeness (QED) is 0.0116. The number of carbonyl (C=O) groups excluding carboxylic acids is 10. The van der Waals surface area contributed by atoms with E-state index in [2.05, 4.69) is 48.6 Å². The van der Waals surface area contributed by atoms with Crippen molar-refractivity contribution in [2.24, 2.45) is 17.4 Å². The molecule has 13 N–H and O–H groups in total. The van der Waals surface area contributed by atoms with E-state index in [1.165, 1.54) is 47.7 Å². The van der Waals surface area contributed by atoms with Gasteiger partial charge in [0, 0.05) is 54.2 Å². The van der Waals surface area contributed by atoms with E-state index in [1.54, 1.807) is 33.8 Å². The van der Waals surface area contributed by atoms with Crippen molar-refractivity contribution in [3.8, 4) is 11.4 Å². The predicted molar refractivity (Wildman–Crippen MR) is 376 cm³/mol. The molecule has 2 aliphatic carbocycles. The SMILES string of the molecule is CC[C@@]1(O)C(=O)OCc2c1cc1n(c2=O)Cc2c-1nc1cc(F)c(C)c3c1c2[C@@H](NC(=O)COCNC(=O)[C@H](CCC(N)=O)NC(=O)OCc1ccc(NC(=O)[C@H](CCCNC(N)=O)NC(=O)[C@@H](NC(=O)CCOCCOCCOCCOCCNC(=O)COC2/C=C\CCCCC2)C(C)C)cc1)CC3. The number of fused-ring (bicyclic) bond motifs is 5. The number of cyclic esters (lactones) is 1. The first-order valence-electron chi connectivity index (χ1n) is 35.5. The van der Waals surface area contributed by atoms with Crippen LogP contribution in [0.3, 0.4) is 0 Å². The highest BCUT2D eigenvalue weighted by Crippen LogP contribution is 2.46. The Kier molecular flexibility index (Phi) is 31.0. The minimum Gasteiger partial charge on any atom is -0.458 e. The lowest BCUT2D eigenvalue weighted by Crippen LogP contribution is -2.54. The maximum Gasteiger partial charge on any atom is 0.408 e. The Bertz CT molecular complexity index is 3850. The molecular formula is C72H97FN12O20. The van der Waals surface area contributed by atoms with Gasteiger partial charge in [-0.1, -0.05) is 57.9 Å². The molecule has 0 saturated heterocycles. The van der Waals surface area contributed by atoms with Gasteiger partial charge in [-0.15, -0.1) is 0 Å². The summed E-state index contributed by atoms with van der Waals surface area (Å²) in [4.78, 5) is 148. The van der Waals surface area contributed by atoms with Crippen LogP contribution in [0.2, 0.25) is 0 Å². The molecule has 4 aliphatic rings. The van der Waals surface area contributed by atoms with Crippen LogP contribution in [0.1, 0.15) is 143 Å². The van der Waals surface area contributed by atoms with Gasteiger partial charge in [0.1, 0.15) is 57.1 Å². The normalized spacial score (nSPS) is 17.6. The highest BCUT2D eigenvalue weighted by atomic mass is 19.1. The molecule has 2 aromatic carbocycles. The van der Waals surface area contributed by atoms with Crippen LogP contribution in [0.15, 0.2) is 53.3 Å². The van der Waals surface area contributed by atoms with Gasteiger partial charge >= 0.3 is 18.1 Å². The van der Waals surface area contributed by atoms with Crippen molar-refractivity contribution in [2.45, 2.75) is 167 Å². The summed E-state index contributed by atoms with van der Waals surface area (Å²) in [5.41, 5.74) is 12.2. The molecule has 10 amide bonds. The van der Waals surface area contributed by atoms with Gasteiger partial charge in [0.05, 0.1) is 94.0 Å². The number of anilines is 1. The van der Waals surface area contributed by atoms with Crippen molar-refractivity contribution in [2.75, 3.05) is 91.2 Å². The molecule has 105 heavy (non-hydrogen) atoms. The van der Waals surface area contributed by atoms with E-state index >= 15 is 4.39 Å². The predicted octanol–water partition coefficient (Wildman–Crippen LogP) is 2.77. The van der Waals surface area contributed by atoms with Gasteiger partial charge in [0.15, 0.2) is 5.60 Å². The fourth-order valence-electron chi connectivity index (χ4n) is 12.6. The Labute approximate surface area is 606 Å². The number of halogens is 1. The van der Waals surface area contributed by atoms with Crippen molar-refractivity contribution in [1.29, 1.82) is 0 Å². The average molecular weight is 1470 g/mol. The van der Waals surface area contributed by atoms with Gasteiger partial charge in [0.2, 0.25) is 41.4 Å². The van der Waals surface area contributed by atoms with Crippen molar-refractivity contribution >= 4 is 76.0 Å². The number of amides is 10. The number of nitrogens with one attached hydrogen (secondary N) is 8. The lowest BCUT2D eigenvalue weighted by Gasteiger charge is -2.31. The summed E-state index contributed by atoms with van der Waals surface area (Å²) < 4.78 is 61.0. The molecule has 0 spiro atoms. The summed E-state index contributed by atoms with van der Waals surface area (Å²) in [5, 5.41) is 33.3. The molecule has 4 heterocycles. The number of ether oxygens (including phenoxy) is 8. The second kappa shape index (κ2) is 40.1. The number of nitrogens with zero attached hydrogens (tertiary/aromatic N) is 2. The number of rotatable bonds is 41. The van der Waals surface area contributed by atoms with E-state index in [0.29, 0.717) is 97.0 Å². The third-order valence-corrected chi connectivity index (χ3v) is 18.3. The van der Waals surface area contributed by atoms with Crippen LogP contribution in [0, 0.1) is 18.7 Å². The van der Waals surface area contributed by atoms with E-state index in [0.717, 1.165) is 19.3 Å². The molecule has 6 atom stereocenters. The van der Waals surface area contributed by atoms with Crippen molar-refractivity contribution in [3.63, 3.8) is 0 Å². The minimum atomic E-state index is -2.08. The summed E-state index contributed by atoms with van der Waals surface area (Å²) >= 11 is 0. The number of hydrogen-bond acceptors (Lipinski definition) is 21. The Morgan fingerprint density at radius 2 is 1.47 bits per heavy atom. The second-order valence-electron chi connectivity index (χ2n) is 26.2. The van der Waals surface area contributed by atoms with Crippen LogP contribution in [0.25, 0.3) is 22.3 Å². The van der Waals surface area contributed by atoms with Crippen LogP contribution in [0.5, 0.6) is 0 Å². The minimum absolute atomic E-state index is 0.00538. The van der Waals surface area contributed by atoms with Crippen LogP contribution in [-0.4, -0.2) is 184 Å². The van der Waals surface area contributed by atoms with Gasteiger partial charge in [-0.2, -0.15) is 0 Å². The van der Waals surface area contributed by atoms with Gasteiger partial charge in [-0.3, -0.25) is 38.4 Å². The molecule has 0 saturated carbocycles. The topological polar surface area (TPSA) is 448 Å². The molecule has 1 unspecified atom stereocenters. The molecule has 32 nitrogen and oxygen atoms in total. The smallest absolute Gasteiger partial charge is 0.408 e. The maximum atomic E-state index is 15.5. The number of urea groups is 1. The number of benzene rings is 2. The zero-order chi connectivity index (χ0) is 75.6. The van der Waals surface area contributed by atoms with E-state index in [-0.39, 0.29) is 126 Å². The number of nitrogens with two attached hydrogens (primary N) is 2. The number of allylic oxidation sites excluding steroid dienone is 1. The molecule has 2 aromatic heterocycles. The zero-order valence-electron chi connectivity index (χ0n) is 59.7. The molecule has 0 bridgehead atoms. The average Bonchev–Trinajstić information content (AvgIpc) is 1.60.